The molecular weight excluding hydrogens is 466 g/mol. The summed E-state index contributed by atoms with van der Waals surface area (Å²) in [5, 5.41) is 16.3. The van der Waals surface area contributed by atoms with Crippen LogP contribution in [0.1, 0.15) is 52.8 Å². The molecule has 0 saturated heterocycles. The lowest BCUT2D eigenvalue weighted by atomic mass is 9.98. The first-order valence-electron chi connectivity index (χ1n) is 11.5. The van der Waals surface area contributed by atoms with Crippen LogP contribution in [0.25, 0.3) is 11.1 Å². The Kier molecular flexibility index (Phi) is 7.45. The van der Waals surface area contributed by atoms with Crippen LogP contribution in [0.15, 0.2) is 53.9 Å². The van der Waals surface area contributed by atoms with E-state index in [0.717, 1.165) is 33.6 Å². The molecule has 182 valence electrons. The van der Waals surface area contributed by atoms with Gasteiger partial charge in [0.05, 0.1) is 6.54 Å². The number of thiazole rings is 1. The number of hydrogen-bond donors (Lipinski definition) is 3. The Morgan fingerprint density at radius 1 is 1.09 bits per heavy atom. The molecule has 0 radical (unpaired) electrons. The number of amides is 2. The largest absolute Gasteiger partial charge is 0.476 e. The third-order valence-corrected chi connectivity index (χ3v) is 7.15. The van der Waals surface area contributed by atoms with E-state index >= 15 is 0 Å². The fraction of sp³-hybridized carbons (Fsp3) is 0.308. The summed E-state index contributed by atoms with van der Waals surface area (Å²) in [7, 11) is 0. The predicted octanol–water partition coefficient (Wildman–Crippen LogP) is 4.41. The Morgan fingerprint density at radius 2 is 1.71 bits per heavy atom. The van der Waals surface area contributed by atoms with Crippen LogP contribution in [0.3, 0.4) is 0 Å². The van der Waals surface area contributed by atoms with Crippen molar-refractivity contribution >= 4 is 29.3 Å². The van der Waals surface area contributed by atoms with E-state index in [4.69, 9.17) is 9.84 Å². The number of nitrogens with one attached hydrogen (secondary N) is 2. The third-order valence-electron chi connectivity index (χ3n) is 6.30. The van der Waals surface area contributed by atoms with Crippen LogP contribution in [0.2, 0.25) is 0 Å². The molecule has 1 heterocycles. The van der Waals surface area contributed by atoms with Gasteiger partial charge < -0.3 is 20.5 Å². The second-order valence-electron chi connectivity index (χ2n) is 8.48. The van der Waals surface area contributed by atoms with Gasteiger partial charge in [0.1, 0.15) is 17.7 Å². The molecule has 2 amide bonds. The van der Waals surface area contributed by atoms with Crippen LogP contribution < -0.4 is 10.6 Å². The molecule has 2 atom stereocenters. The zero-order valence-corrected chi connectivity index (χ0v) is 20.3. The standard InChI is InChI=1S/C26H27N3O5S/c1-3-15(2)23(24(30)27-12-22-28-21(14-35-22)25(31)32)29-26(33)34-13-20-18-10-6-4-8-16(18)17-9-5-7-11-19(17)20/h4-11,14-15,20,23H,3,12-13H2,1-2H3,(H,27,30)(H,29,33)(H,31,32). The quantitative estimate of drug-likeness (QED) is 0.406. The summed E-state index contributed by atoms with van der Waals surface area (Å²) in [6.07, 6.45) is 0.0111. The molecule has 0 aliphatic heterocycles. The van der Waals surface area contributed by atoms with Gasteiger partial charge in [0.25, 0.3) is 0 Å². The van der Waals surface area contributed by atoms with Gasteiger partial charge in [0.2, 0.25) is 5.91 Å². The number of carbonyl (C=O) groups excluding carboxylic acids is 2. The van der Waals surface area contributed by atoms with E-state index in [-0.39, 0.29) is 36.6 Å². The first-order chi connectivity index (χ1) is 16.9. The molecule has 0 bridgehead atoms. The number of fused-ring (bicyclic) bond motifs is 3. The number of nitrogens with zero attached hydrogens (tertiary/aromatic N) is 1. The van der Waals surface area contributed by atoms with Crippen molar-refractivity contribution in [2.75, 3.05) is 6.61 Å². The van der Waals surface area contributed by atoms with Crippen molar-refractivity contribution in [1.82, 2.24) is 15.6 Å². The number of carbonyl (C=O) groups is 3. The van der Waals surface area contributed by atoms with Gasteiger partial charge >= 0.3 is 12.1 Å². The molecule has 2 unspecified atom stereocenters. The molecule has 8 nitrogen and oxygen atoms in total. The van der Waals surface area contributed by atoms with Gasteiger partial charge in [0, 0.05) is 11.3 Å². The number of carboxylic acid groups (broad SMARTS) is 1. The molecule has 1 aliphatic rings. The molecular formula is C26H27N3O5S. The Labute approximate surface area is 207 Å². The van der Waals surface area contributed by atoms with Crippen LogP contribution in [-0.4, -0.2) is 40.7 Å². The van der Waals surface area contributed by atoms with E-state index < -0.39 is 18.1 Å². The maximum atomic E-state index is 12.9. The molecule has 1 aliphatic carbocycles. The maximum absolute atomic E-state index is 12.9. The highest BCUT2D eigenvalue weighted by Crippen LogP contribution is 2.44. The molecule has 4 rings (SSSR count). The number of ether oxygens (including phenoxy) is 1. The second-order valence-corrected chi connectivity index (χ2v) is 9.43. The lowest BCUT2D eigenvalue weighted by Gasteiger charge is -2.23. The van der Waals surface area contributed by atoms with Gasteiger partial charge in [0.15, 0.2) is 5.69 Å². The number of aromatic carboxylic acids is 1. The van der Waals surface area contributed by atoms with Gasteiger partial charge in [-0.25, -0.2) is 14.6 Å². The fourth-order valence-electron chi connectivity index (χ4n) is 4.23. The smallest absolute Gasteiger partial charge is 0.407 e. The average Bonchev–Trinajstić information content (AvgIpc) is 3.47. The number of carboxylic acids is 1. The van der Waals surface area contributed by atoms with Crippen LogP contribution in [-0.2, 0) is 16.1 Å². The van der Waals surface area contributed by atoms with E-state index in [9.17, 15) is 14.4 Å². The average molecular weight is 494 g/mol. The number of aromatic nitrogens is 1. The van der Waals surface area contributed by atoms with Crippen molar-refractivity contribution in [1.29, 1.82) is 0 Å². The minimum absolute atomic E-state index is 0.0607. The van der Waals surface area contributed by atoms with E-state index in [1.54, 1.807) is 0 Å². The van der Waals surface area contributed by atoms with Crippen molar-refractivity contribution in [3.63, 3.8) is 0 Å². The lowest BCUT2D eigenvalue weighted by Crippen LogP contribution is -2.50. The predicted molar refractivity (Wildman–Crippen MR) is 132 cm³/mol. The van der Waals surface area contributed by atoms with Crippen molar-refractivity contribution in [2.24, 2.45) is 5.92 Å². The number of benzene rings is 2. The summed E-state index contributed by atoms with van der Waals surface area (Å²) in [6, 6.07) is 15.4. The fourth-order valence-corrected chi connectivity index (χ4v) is 4.94. The molecule has 2 aromatic carbocycles. The zero-order valence-electron chi connectivity index (χ0n) is 19.5. The van der Waals surface area contributed by atoms with Gasteiger partial charge in [-0.1, -0.05) is 68.8 Å². The molecule has 9 heteroatoms. The Morgan fingerprint density at radius 3 is 2.29 bits per heavy atom. The van der Waals surface area contributed by atoms with E-state index in [1.807, 2.05) is 50.2 Å². The maximum Gasteiger partial charge on any atom is 0.407 e. The van der Waals surface area contributed by atoms with Gasteiger partial charge in [-0.15, -0.1) is 11.3 Å². The number of rotatable bonds is 9. The highest BCUT2D eigenvalue weighted by molar-refractivity contribution is 7.09. The number of alkyl carbamates (subject to hydrolysis) is 1. The van der Waals surface area contributed by atoms with Crippen LogP contribution >= 0.6 is 11.3 Å². The highest BCUT2D eigenvalue weighted by atomic mass is 32.1. The summed E-state index contributed by atoms with van der Waals surface area (Å²) in [6.45, 7) is 4.05. The van der Waals surface area contributed by atoms with Gasteiger partial charge in [-0.2, -0.15) is 0 Å². The van der Waals surface area contributed by atoms with E-state index in [1.165, 1.54) is 5.38 Å². The first kappa shape index (κ1) is 24.4. The monoisotopic (exact) mass is 493 g/mol. The molecule has 35 heavy (non-hydrogen) atoms. The normalized spacial score (nSPS) is 13.9. The van der Waals surface area contributed by atoms with Crippen LogP contribution in [0.4, 0.5) is 4.79 Å². The zero-order chi connectivity index (χ0) is 24.9. The van der Waals surface area contributed by atoms with Crippen molar-refractivity contribution < 1.29 is 24.2 Å². The summed E-state index contributed by atoms with van der Waals surface area (Å²) in [4.78, 5) is 40.6. The molecule has 3 N–H and O–H groups in total. The Hall–Kier alpha value is -3.72. The second kappa shape index (κ2) is 10.7. The molecule has 0 fully saturated rings. The summed E-state index contributed by atoms with van der Waals surface area (Å²) in [5.74, 6) is -1.70. The highest BCUT2D eigenvalue weighted by Gasteiger charge is 2.31. The minimum Gasteiger partial charge on any atom is -0.476 e. The SMILES string of the molecule is CCC(C)C(NC(=O)OCC1c2ccccc2-c2ccccc21)C(=O)NCc1nc(C(=O)O)cs1. The van der Waals surface area contributed by atoms with E-state index in [0.29, 0.717) is 11.4 Å². The third kappa shape index (κ3) is 5.35. The van der Waals surface area contributed by atoms with Gasteiger partial charge in [-0.05, 0) is 28.2 Å². The topological polar surface area (TPSA) is 118 Å². The summed E-state index contributed by atoms with van der Waals surface area (Å²) in [5.41, 5.74) is 4.45. The first-order valence-corrected chi connectivity index (χ1v) is 12.3. The van der Waals surface area contributed by atoms with Gasteiger partial charge in [-0.3, -0.25) is 4.79 Å². The van der Waals surface area contributed by atoms with Crippen molar-refractivity contribution in [3.05, 3.63) is 75.7 Å². The van der Waals surface area contributed by atoms with E-state index in [2.05, 4.69) is 27.8 Å². The van der Waals surface area contributed by atoms with Crippen LogP contribution in [0, 0.1) is 5.92 Å². The Balaban J connectivity index is 1.38. The summed E-state index contributed by atoms with van der Waals surface area (Å²) < 4.78 is 5.60. The van der Waals surface area contributed by atoms with Crippen LogP contribution in [0.5, 0.6) is 0 Å². The molecule has 0 spiro atoms. The molecule has 3 aromatic rings. The lowest BCUT2D eigenvalue weighted by molar-refractivity contribution is -0.124. The number of hydrogen-bond acceptors (Lipinski definition) is 6. The van der Waals surface area contributed by atoms with Crippen molar-refractivity contribution in [3.8, 4) is 11.1 Å². The summed E-state index contributed by atoms with van der Waals surface area (Å²) >= 11 is 1.15. The van der Waals surface area contributed by atoms with Crippen molar-refractivity contribution in [2.45, 2.75) is 38.8 Å². The minimum atomic E-state index is -1.12. The molecule has 1 aromatic heterocycles. The Bertz CT molecular complexity index is 1200. The molecule has 0 saturated carbocycles.